The third-order valence-electron chi connectivity index (χ3n) is 20.4. The highest BCUT2D eigenvalue weighted by atomic mass is 79.9. The number of halogens is 2. The molecule has 14 rings (SSSR count). The van der Waals surface area contributed by atoms with Crippen LogP contribution in [0.2, 0.25) is 0 Å². The van der Waals surface area contributed by atoms with E-state index in [0.29, 0.717) is 56.5 Å². The first-order chi connectivity index (χ1) is 60.3. The van der Waals surface area contributed by atoms with Crippen molar-refractivity contribution in [2.45, 2.75) is 104 Å². The van der Waals surface area contributed by atoms with Gasteiger partial charge in [0.2, 0.25) is 11.8 Å². The molecular weight excluding hydrogens is 1720 g/mol. The van der Waals surface area contributed by atoms with Gasteiger partial charge in [-0.3, -0.25) is 33.9 Å². The lowest BCUT2D eigenvalue weighted by molar-refractivity contribution is -0.389. The Morgan fingerprint density at radius 3 is 1.09 bits per heavy atom. The van der Waals surface area contributed by atoms with E-state index in [1.54, 1.807) is 74.2 Å². The van der Waals surface area contributed by atoms with Crippen LogP contribution in [-0.4, -0.2) is 186 Å². The van der Waals surface area contributed by atoms with Gasteiger partial charge in [-0.25, -0.2) is 9.97 Å². The van der Waals surface area contributed by atoms with Gasteiger partial charge in [-0.15, -0.1) is 12.4 Å². The molecule has 0 saturated carbocycles. The molecule has 0 aromatic carbocycles. The zero-order chi connectivity index (χ0) is 90.4. The van der Waals surface area contributed by atoms with Crippen molar-refractivity contribution in [2.75, 3.05) is 127 Å². The third kappa shape index (κ3) is 35.5. The Morgan fingerprint density at radius 1 is 0.460 bits per heavy atom. The van der Waals surface area contributed by atoms with Crippen LogP contribution in [0, 0.1) is 110 Å². The number of hydrogen-bond donors (Lipinski definition) is 5. The molecule has 2 amide bonds. The minimum absolute atomic E-state index is 0. The number of nitrogens with zero attached hydrogens (tertiary/aromatic N) is 20. The number of carbonyl (C=O) groups is 5. The molecule has 0 radical (unpaired) electrons. The summed E-state index contributed by atoms with van der Waals surface area (Å²) in [6.45, 7) is 14.5. The Kier molecular flexibility index (Phi) is 43.8. The predicted octanol–water partition coefficient (Wildman–Crippen LogP) is 11.4. The monoisotopic (exact) mass is 1820 g/mol. The molecule has 40 nitrogen and oxygen atoms in total. The van der Waals surface area contributed by atoms with Gasteiger partial charge >= 0.3 is 41.2 Å². The van der Waals surface area contributed by atoms with Crippen molar-refractivity contribution in [1.29, 1.82) is 15.8 Å². The lowest BCUT2D eigenvalue weighted by atomic mass is 9.96. The first-order valence-electron chi connectivity index (χ1n) is 40.6. The summed E-state index contributed by atoms with van der Waals surface area (Å²) in [7, 11) is 0. The summed E-state index contributed by atoms with van der Waals surface area (Å²) < 4.78 is 10.7. The van der Waals surface area contributed by atoms with Crippen molar-refractivity contribution >= 4 is 121 Å². The Labute approximate surface area is 742 Å². The molecular formula is C84H102BrClN24O16. The van der Waals surface area contributed by atoms with E-state index in [0.717, 1.165) is 168 Å². The van der Waals surface area contributed by atoms with E-state index in [2.05, 4.69) is 109 Å². The van der Waals surface area contributed by atoms with Gasteiger partial charge in [-0.1, -0.05) is 12.1 Å². The lowest BCUT2D eigenvalue weighted by Crippen LogP contribution is -2.38. The van der Waals surface area contributed by atoms with Crippen LogP contribution in [0.5, 0.6) is 0 Å². The summed E-state index contributed by atoms with van der Waals surface area (Å²) >= 11 is 3.11. The number of esters is 2. The molecule has 0 bridgehead atoms. The van der Waals surface area contributed by atoms with Crippen LogP contribution >= 0.6 is 28.3 Å². The van der Waals surface area contributed by atoms with Gasteiger partial charge in [0.15, 0.2) is 24.8 Å². The van der Waals surface area contributed by atoms with E-state index in [9.17, 15) is 64.4 Å². The van der Waals surface area contributed by atoms with Crippen molar-refractivity contribution < 1.29 is 58.2 Å². The average Bonchev–Trinajstić information content (AvgIpc) is 0.849. The molecule has 42 heteroatoms. The van der Waals surface area contributed by atoms with E-state index >= 15 is 0 Å². The van der Waals surface area contributed by atoms with Crippen LogP contribution in [0.15, 0.2) is 163 Å². The van der Waals surface area contributed by atoms with Crippen LogP contribution in [0.1, 0.15) is 102 Å². The molecule has 126 heavy (non-hydrogen) atoms. The summed E-state index contributed by atoms with van der Waals surface area (Å²) in [5, 5.41) is 82.4. The van der Waals surface area contributed by atoms with Gasteiger partial charge in [0, 0.05) is 131 Å². The number of amides is 2. The number of nitrogen functional groups attached to an aromatic ring is 1. The molecule has 6 aliphatic heterocycles. The van der Waals surface area contributed by atoms with Gasteiger partial charge in [0.25, 0.3) is 0 Å². The summed E-state index contributed by atoms with van der Waals surface area (Å²) in [4.78, 5) is 137. The number of primary amides is 1. The number of ether oxygens (including phenoxy) is 2. The fourth-order valence-electron chi connectivity index (χ4n) is 13.4. The number of carboxylic acid groups (broad SMARTS) is 1. The van der Waals surface area contributed by atoms with Crippen molar-refractivity contribution in [3.8, 4) is 18.2 Å². The maximum Gasteiger partial charge on any atom is 0.363 e. The van der Waals surface area contributed by atoms with E-state index in [-0.39, 0.29) is 108 Å². The molecule has 14 heterocycles. The van der Waals surface area contributed by atoms with Crippen LogP contribution in [0.3, 0.4) is 0 Å². The second-order valence-electron chi connectivity index (χ2n) is 28.9. The minimum Gasteiger partial charge on any atom is -0.481 e. The number of anilines is 7. The molecule has 8 aromatic rings. The Bertz CT molecular complexity index is 4830. The first-order valence-corrected chi connectivity index (χ1v) is 41.4. The second kappa shape index (κ2) is 54.6. The number of carbonyl (C=O) groups excluding carboxylic acids is 4. The Hall–Kier alpha value is -13.9. The molecule has 668 valence electrons. The molecule has 0 spiro atoms. The largest absolute Gasteiger partial charge is 0.481 e. The summed E-state index contributed by atoms with van der Waals surface area (Å²) in [5.74, 6) is -0.329. The molecule has 0 aliphatic carbocycles. The van der Waals surface area contributed by atoms with Crippen LogP contribution in [0.25, 0.3) is 0 Å². The maximum atomic E-state index is 12.0. The first kappa shape index (κ1) is 101. The van der Waals surface area contributed by atoms with Gasteiger partial charge in [-0.2, -0.15) is 15.8 Å². The highest BCUT2D eigenvalue weighted by Crippen LogP contribution is 2.30. The average molecular weight is 1820 g/mol. The number of nitrogens with two attached hydrogens (primary N) is 2. The fourth-order valence-corrected chi connectivity index (χ4v) is 13.6. The molecule has 6 saturated heterocycles. The number of rotatable bonds is 19. The van der Waals surface area contributed by atoms with Crippen molar-refractivity contribution in [3.05, 3.63) is 215 Å². The van der Waals surface area contributed by atoms with Crippen LogP contribution in [0.4, 0.5) is 63.3 Å². The van der Waals surface area contributed by atoms with Crippen LogP contribution in [-0.2, 0) is 46.3 Å². The number of piperidine rings is 6. The quantitative estimate of drug-likeness (QED) is 0.0285. The number of nitrogens with one attached hydrogen (secondary N) is 2. The SMILES string of the molecule is CCOC(=O)C1CCN(c2ccc([N+](=O)[O-])nc2)CC1.CCOC(=O)C1CCNCC1.Cl.N#CC1CCN(c2ccc(N)nc2)CC1.N#CC1CCN(c2ccc(NC(=O)Cc3ccccn3)nc2)CC1.N#CC1CCN(c2ccc([N+](=O)[O-])nc2)CC1.NC(=O)C1CCN(c2ccc([N+](=O)[O-])nc2)CC1.O=C(O)Cc1ccccn1.O=[N+]([O-])c1ccc(Br)cn1. The fraction of sp³-hybridized carbons (Fsp3) is 0.429. The highest BCUT2D eigenvalue weighted by molar-refractivity contribution is 9.10. The summed E-state index contributed by atoms with van der Waals surface area (Å²) in [6, 6.07) is 37.4. The summed E-state index contributed by atoms with van der Waals surface area (Å²) in [5.41, 5.74) is 16.8. The highest BCUT2D eigenvalue weighted by Gasteiger charge is 2.29. The number of aliphatic carboxylic acids is 1. The topological polar surface area (TPSA) is 563 Å². The van der Waals surface area contributed by atoms with Gasteiger partial charge in [0.1, 0.15) is 11.6 Å². The standard InChI is InChI=1S/C18H19N5O.C13H17N3O4.C11H14N4O3.C11H12N4O2.C11H14N4.C8H15NO2.C7H7NO2.C5H3BrN2O2.ClH/c19-12-14-6-9-23(10-7-14)16-4-5-17(21-13-16)22-18(24)11-15-3-1-2-8-20-15;1-2-20-13(17)10-5-7-15(8-6-10)11-3-4-12(14-9-11)16(18)19;12-11(16)8-3-5-14(6-4-8)9-1-2-10(13-7-9)15(17)18;12-7-9-3-5-14(6-4-9)10-1-2-11(13-8-10)15(16)17;12-7-9-3-5-15(6-4-9)10-1-2-11(13)14-8-10;1-2-11-8(10)7-3-5-9-6-4-7;9-7(10)5-6-3-1-2-4-8-6;6-4-1-2-5(7-3-4)8(9)10;/h1-5,8,13-14H,6-7,9-11H2,(H,21,22,24);3-4,9-10H,2,5-8H2,1H3;1-2,7-8H,3-6H2,(H2,12,16);1-2,8-9H,3-6H2;1-2,8-9H,3-6H2,(H2,13,14);7,9H,2-6H2,1H3;1-4H,5H2,(H,9,10);1-3H;1H. The van der Waals surface area contributed by atoms with E-state index in [1.807, 2.05) is 49.4 Å². The van der Waals surface area contributed by atoms with Crippen molar-refractivity contribution in [2.24, 2.45) is 41.2 Å². The number of aromatic nitrogens is 8. The van der Waals surface area contributed by atoms with Gasteiger partial charge in [0.05, 0.1) is 107 Å². The molecule has 7 N–H and O–H groups in total. The Balaban J connectivity index is 0.000000226. The maximum absolute atomic E-state index is 12.0. The number of carboxylic acids is 1. The molecule has 0 atom stereocenters. The van der Waals surface area contributed by atoms with E-state index in [4.69, 9.17) is 41.8 Å². The smallest absolute Gasteiger partial charge is 0.363 e. The number of pyridine rings is 8. The van der Waals surface area contributed by atoms with E-state index in [1.165, 1.54) is 49.1 Å². The zero-order valence-corrected chi connectivity index (χ0v) is 72.1. The van der Waals surface area contributed by atoms with Gasteiger partial charge < -0.3 is 102 Å². The molecule has 0 unspecified atom stereocenters. The molecule has 6 fully saturated rings. The minimum atomic E-state index is -0.848. The molecule has 6 aliphatic rings. The normalized spacial score (nSPS) is 15.2. The van der Waals surface area contributed by atoms with Crippen LogP contribution < -0.4 is 46.6 Å². The lowest BCUT2D eigenvalue weighted by Gasteiger charge is -2.31. The number of nitriles is 3. The second-order valence-corrected chi connectivity index (χ2v) is 29.8. The Morgan fingerprint density at radius 2 is 0.794 bits per heavy atom. The third-order valence-corrected chi connectivity index (χ3v) is 20.9. The van der Waals surface area contributed by atoms with E-state index < -0.39 is 25.7 Å². The predicted molar refractivity (Wildman–Crippen MR) is 473 cm³/mol. The van der Waals surface area contributed by atoms with Crippen molar-refractivity contribution in [3.63, 3.8) is 0 Å². The zero-order valence-electron chi connectivity index (χ0n) is 69.7. The summed E-state index contributed by atoms with van der Waals surface area (Å²) in [6.07, 6.45) is 23.0. The molecule has 8 aromatic heterocycles. The van der Waals surface area contributed by atoms with Gasteiger partial charge in [-0.05, 0) is 232 Å². The number of hydrogen-bond acceptors (Lipinski definition) is 33. The van der Waals surface area contributed by atoms with Crippen molar-refractivity contribution in [1.82, 2.24) is 45.2 Å². The number of nitro groups is 4.